The molecule has 0 aliphatic heterocycles. The van der Waals surface area contributed by atoms with Gasteiger partial charge < -0.3 is 9.15 Å². The van der Waals surface area contributed by atoms with Crippen molar-refractivity contribution in [3.05, 3.63) is 46.2 Å². The van der Waals surface area contributed by atoms with Crippen LogP contribution in [0.4, 0.5) is 0 Å². The van der Waals surface area contributed by atoms with Gasteiger partial charge in [0.15, 0.2) is 0 Å². The average Bonchev–Trinajstić information content (AvgIpc) is 3.38. The fraction of sp³-hybridized carbons (Fsp3) is 0.176. The first-order valence-electron chi connectivity index (χ1n) is 7.63. The van der Waals surface area contributed by atoms with Gasteiger partial charge in [0, 0.05) is 0 Å². The maximum absolute atomic E-state index is 11.5. The number of hydrogen-bond acceptors (Lipinski definition) is 9. The quantitative estimate of drug-likeness (QED) is 0.350. The number of ether oxygens (including phenoxy) is 1. The van der Waals surface area contributed by atoms with Crippen molar-refractivity contribution in [3.8, 4) is 10.6 Å². The first-order chi connectivity index (χ1) is 12.7. The van der Waals surface area contributed by atoms with Gasteiger partial charge in [-0.05, 0) is 30.5 Å². The molecule has 0 saturated carbocycles. The molecule has 0 unspecified atom stereocenters. The van der Waals surface area contributed by atoms with Crippen LogP contribution in [0.25, 0.3) is 20.8 Å². The Bertz CT molecular complexity index is 1070. The third-order valence-electron chi connectivity index (χ3n) is 3.55. The van der Waals surface area contributed by atoms with Gasteiger partial charge in [-0.15, -0.1) is 32.9 Å². The Morgan fingerprint density at radius 3 is 2.96 bits per heavy atom. The standard InChI is InChI=1S/C17H13N3O3S3/c1-9-18-14-15(26-9)13(12-4-3-7-24-12)19-20-16(14)25-8-10-5-6-11(23-10)17(21)22-2/h3-7H,8H2,1-2H3. The van der Waals surface area contributed by atoms with Gasteiger partial charge in [-0.25, -0.2) is 9.78 Å². The zero-order chi connectivity index (χ0) is 18.1. The summed E-state index contributed by atoms with van der Waals surface area (Å²) < 4.78 is 11.2. The lowest BCUT2D eigenvalue weighted by Crippen LogP contribution is -1.98. The Kier molecular flexibility index (Phi) is 4.75. The highest BCUT2D eigenvalue weighted by atomic mass is 32.2. The van der Waals surface area contributed by atoms with Crippen LogP contribution in [0.1, 0.15) is 21.3 Å². The Hall–Kier alpha value is -2.23. The summed E-state index contributed by atoms with van der Waals surface area (Å²) in [4.78, 5) is 17.2. The van der Waals surface area contributed by atoms with Crippen LogP contribution in [-0.2, 0) is 10.5 Å². The van der Waals surface area contributed by atoms with Gasteiger partial charge in [0.2, 0.25) is 5.76 Å². The summed E-state index contributed by atoms with van der Waals surface area (Å²) in [6.45, 7) is 1.98. The molecule has 9 heteroatoms. The molecule has 6 nitrogen and oxygen atoms in total. The van der Waals surface area contributed by atoms with Crippen LogP contribution >= 0.6 is 34.4 Å². The number of carbonyl (C=O) groups excluding carboxylic acids is 1. The van der Waals surface area contributed by atoms with E-state index in [0.717, 1.165) is 30.8 Å². The Labute approximate surface area is 161 Å². The van der Waals surface area contributed by atoms with Crippen molar-refractivity contribution in [3.63, 3.8) is 0 Å². The molecule has 132 valence electrons. The predicted molar refractivity (Wildman–Crippen MR) is 103 cm³/mol. The van der Waals surface area contributed by atoms with Crippen LogP contribution in [0, 0.1) is 6.92 Å². The lowest BCUT2D eigenvalue weighted by Gasteiger charge is -2.02. The van der Waals surface area contributed by atoms with Crippen molar-refractivity contribution in [2.45, 2.75) is 17.7 Å². The number of fused-ring (bicyclic) bond motifs is 1. The third kappa shape index (κ3) is 3.25. The van der Waals surface area contributed by atoms with Gasteiger partial charge in [0.1, 0.15) is 22.0 Å². The number of hydrogen-bond donors (Lipinski definition) is 0. The monoisotopic (exact) mass is 403 g/mol. The second-order valence-corrected chi connectivity index (χ2v) is 8.40. The smallest absolute Gasteiger partial charge is 0.373 e. The van der Waals surface area contributed by atoms with E-state index in [1.807, 2.05) is 24.4 Å². The summed E-state index contributed by atoms with van der Waals surface area (Å²) in [6, 6.07) is 7.40. The Morgan fingerprint density at radius 1 is 1.31 bits per heavy atom. The fourth-order valence-electron chi connectivity index (χ4n) is 2.40. The summed E-state index contributed by atoms with van der Waals surface area (Å²) in [5, 5.41) is 12.6. The molecule has 4 aromatic heterocycles. The summed E-state index contributed by atoms with van der Waals surface area (Å²) >= 11 is 4.74. The number of methoxy groups -OCH3 is 1. The summed E-state index contributed by atoms with van der Waals surface area (Å²) in [6.07, 6.45) is 0. The number of thiophene rings is 1. The molecular weight excluding hydrogens is 390 g/mol. The SMILES string of the molecule is COC(=O)c1ccc(CSc2nnc(-c3cccs3)c3sc(C)nc23)o1. The van der Waals surface area contributed by atoms with Gasteiger partial charge in [-0.1, -0.05) is 17.8 Å². The Balaban J connectivity index is 1.62. The molecule has 0 atom stereocenters. The number of nitrogens with zero attached hydrogens (tertiary/aromatic N) is 3. The molecule has 4 heterocycles. The molecule has 0 bridgehead atoms. The number of thiazole rings is 1. The molecule has 0 aliphatic carbocycles. The lowest BCUT2D eigenvalue weighted by atomic mass is 10.3. The second-order valence-electron chi connectivity index (χ2n) is 5.29. The second kappa shape index (κ2) is 7.18. The zero-order valence-electron chi connectivity index (χ0n) is 13.9. The number of thioether (sulfide) groups is 1. The van der Waals surface area contributed by atoms with E-state index >= 15 is 0 Å². The first-order valence-corrected chi connectivity index (χ1v) is 10.3. The van der Waals surface area contributed by atoms with E-state index in [1.165, 1.54) is 18.9 Å². The molecule has 0 aliphatic rings. The van der Waals surface area contributed by atoms with Gasteiger partial charge in [-0.3, -0.25) is 0 Å². The van der Waals surface area contributed by atoms with Gasteiger partial charge >= 0.3 is 5.97 Å². The van der Waals surface area contributed by atoms with Crippen molar-refractivity contribution in [2.75, 3.05) is 7.11 Å². The van der Waals surface area contributed by atoms with Crippen LogP contribution in [-0.4, -0.2) is 28.3 Å². The number of esters is 1. The molecule has 0 fully saturated rings. The molecule has 0 amide bonds. The lowest BCUT2D eigenvalue weighted by molar-refractivity contribution is 0.0563. The van der Waals surface area contributed by atoms with Crippen molar-refractivity contribution >= 4 is 50.6 Å². The van der Waals surface area contributed by atoms with Crippen molar-refractivity contribution < 1.29 is 13.9 Å². The van der Waals surface area contributed by atoms with E-state index in [4.69, 9.17) is 4.42 Å². The number of furan rings is 1. The van der Waals surface area contributed by atoms with Crippen molar-refractivity contribution in [1.29, 1.82) is 0 Å². The summed E-state index contributed by atoms with van der Waals surface area (Å²) in [5.41, 5.74) is 1.73. The average molecular weight is 404 g/mol. The van der Waals surface area contributed by atoms with E-state index in [2.05, 4.69) is 19.9 Å². The Morgan fingerprint density at radius 2 is 2.19 bits per heavy atom. The largest absolute Gasteiger partial charge is 0.463 e. The van der Waals surface area contributed by atoms with E-state index in [0.29, 0.717) is 11.5 Å². The van der Waals surface area contributed by atoms with Crippen molar-refractivity contribution in [1.82, 2.24) is 15.2 Å². The number of rotatable bonds is 5. The van der Waals surface area contributed by atoms with Gasteiger partial charge in [0.05, 0.1) is 27.4 Å². The molecule has 0 radical (unpaired) electrons. The van der Waals surface area contributed by atoms with Gasteiger partial charge in [0.25, 0.3) is 0 Å². The number of aromatic nitrogens is 3. The summed E-state index contributed by atoms with van der Waals surface area (Å²) in [5.74, 6) is 0.894. The summed E-state index contributed by atoms with van der Waals surface area (Å²) in [7, 11) is 1.32. The molecule has 0 aromatic carbocycles. The maximum Gasteiger partial charge on any atom is 0.373 e. The molecule has 0 spiro atoms. The van der Waals surface area contributed by atoms with Gasteiger partial charge in [-0.2, -0.15) is 0 Å². The normalized spacial score (nSPS) is 11.2. The van der Waals surface area contributed by atoms with Crippen LogP contribution in [0.15, 0.2) is 39.1 Å². The van der Waals surface area contributed by atoms with Crippen LogP contribution in [0.5, 0.6) is 0 Å². The molecule has 4 aromatic rings. The van der Waals surface area contributed by atoms with E-state index in [1.54, 1.807) is 34.8 Å². The van der Waals surface area contributed by atoms with Crippen LogP contribution < -0.4 is 0 Å². The molecule has 0 N–H and O–H groups in total. The zero-order valence-corrected chi connectivity index (χ0v) is 16.3. The molecule has 0 saturated heterocycles. The third-order valence-corrected chi connectivity index (χ3v) is 6.38. The molecule has 26 heavy (non-hydrogen) atoms. The first kappa shape index (κ1) is 17.2. The predicted octanol–water partition coefficient (Wildman–Crippen LogP) is 4.80. The van der Waals surface area contributed by atoms with E-state index in [-0.39, 0.29) is 5.76 Å². The number of aryl methyl sites for hydroxylation is 1. The highest BCUT2D eigenvalue weighted by Crippen LogP contribution is 2.37. The van der Waals surface area contributed by atoms with Crippen LogP contribution in [0.2, 0.25) is 0 Å². The maximum atomic E-state index is 11.5. The van der Waals surface area contributed by atoms with E-state index in [9.17, 15) is 4.79 Å². The topological polar surface area (TPSA) is 78.1 Å². The minimum atomic E-state index is -0.487. The highest BCUT2D eigenvalue weighted by Gasteiger charge is 2.17. The van der Waals surface area contributed by atoms with Crippen LogP contribution in [0.3, 0.4) is 0 Å². The molecule has 4 rings (SSSR count). The number of carbonyl (C=O) groups is 1. The van der Waals surface area contributed by atoms with E-state index < -0.39 is 5.97 Å². The fourth-order valence-corrected chi connectivity index (χ4v) is 4.98. The van der Waals surface area contributed by atoms with Crippen molar-refractivity contribution in [2.24, 2.45) is 0 Å². The molecular formula is C17H13N3O3S3. The highest BCUT2D eigenvalue weighted by molar-refractivity contribution is 7.98. The minimum absolute atomic E-state index is 0.192. The minimum Gasteiger partial charge on any atom is -0.463 e.